The summed E-state index contributed by atoms with van der Waals surface area (Å²) in [5.74, 6) is -0.0786. The number of aliphatic hydroxyl groups excluding tert-OH is 2. The summed E-state index contributed by atoms with van der Waals surface area (Å²) < 4.78 is 0. The van der Waals surface area contributed by atoms with Gasteiger partial charge in [-0.3, -0.25) is 4.79 Å². The smallest absolute Gasteiger partial charge is 0.220 e. The maximum absolute atomic E-state index is 12.5. The molecule has 2 unspecified atom stereocenters. The van der Waals surface area contributed by atoms with Gasteiger partial charge < -0.3 is 15.5 Å². The molecule has 2 atom stereocenters. The van der Waals surface area contributed by atoms with Crippen molar-refractivity contribution in [1.82, 2.24) is 5.32 Å². The van der Waals surface area contributed by atoms with Gasteiger partial charge in [0.25, 0.3) is 0 Å². The fourth-order valence-corrected chi connectivity index (χ4v) is 8.32. The van der Waals surface area contributed by atoms with E-state index in [9.17, 15) is 15.0 Å². The van der Waals surface area contributed by atoms with Crippen LogP contribution in [0.5, 0.6) is 0 Å². The van der Waals surface area contributed by atoms with E-state index in [-0.39, 0.29) is 12.5 Å². The van der Waals surface area contributed by atoms with Crippen LogP contribution in [0.4, 0.5) is 0 Å². The Morgan fingerprint density at radius 2 is 0.639 bits per heavy atom. The Kier molecular flexibility index (Phi) is 51.3. The molecule has 3 N–H and O–H groups in total. The second kappa shape index (κ2) is 52.7. The van der Waals surface area contributed by atoms with Gasteiger partial charge in [0.2, 0.25) is 5.91 Å². The van der Waals surface area contributed by atoms with Gasteiger partial charge in [0.05, 0.1) is 18.8 Å². The topological polar surface area (TPSA) is 69.6 Å². The van der Waals surface area contributed by atoms with Crippen LogP contribution in [0.15, 0.2) is 48.6 Å². The summed E-state index contributed by atoms with van der Waals surface area (Å²) in [4.78, 5) is 12.5. The Morgan fingerprint density at radius 3 is 0.951 bits per heavy atom. The highest BCUT2D eigenvalue weighted by atomic mass is 16.3. The molecule has 1 amide bonds. The van der Waals surface area contributed by atoms with E-state index in [1.165, 1.54) is 231 Å². The van der Waals surface area contributed by atoms with E-state index < -0.39 is 12.1 Å². The molecule has 61 heavy (non-hydrogen) atoms. The van der Waals surface area contributed by atoms with Crippen molar-refractivity contribution in [1.29, 1.82) is 0 Å². The van der Waals surface area contributed by atoms with Crippen molar-refractivity contribution in [3.63, 3.8) is 0 Å². The Bertz CT molecular complexity index is 970. The molecule has 0 aliphatic rings. The summed E-state index contributed by atoms with van der Waals surface area (Å²) in [7, 11) is 0. The number of allylic oxidation sites excluding steroid dienone is 7. The monoisotopic (exact) mass is 854 g/mol. The molecule has 0 radical (unpaired) electrons. The summed E-state index contributed by atoms with van der Waals surface area (Å²) >= 11 is 0. The molecule has 0 bridgehead atoms. The average Bonchev–Trinajstić information content (AvgIpc) is 3.26. The number of hydrogen-bond donors (Lipinski definition) is 3. The van der Waals surface area contributed by atoms with E-state index in [2.05, 4.69) is 55.6 Å². The van der Waals surface area contributed by atoms with Gasteiger partial charge in [-0.2, -0.15) is 0 Å². The van der Waals surface area contributed by atoms with Gasteiger partial charge >= 0.3 is 0 Å². The fraction of sp³-hybridized carbons (Fsp3) is 0.842. The first-order valence-corrected chi connectivity index (χ1v) is 27.4. The van der Waals surface area contributed by atoms with Crippen LogP contribution < -0.4 is 5.32 Å². The molecule has 0 aromatic carbocycles. The number of carbonyl (C=O) groups is 1. The van der Waals surface area contributed by atoms with Crippen LogP contribution in [0.2, 0.25) is 0 Å². The van der Waals surface area contributed by atoms with Gasteiger partial charge in [-0.1, -0.05) is 262 Å². The molecule has 0 saturated carbocycles. The zero-order chi connectivity index (χ0) is 44.2. The number of unbranched alkanes of at least 4 members (excludes halogenated alkanes) is 37. The lowest BCUT2D eigenvalue weighted by molar-refractivity contribution is -0.123. The third-order valence-electron chi connectivity index (χ3n) is 12.5. The van der Waals surface area contributed by atoms with Crippen molar-refractivity contribution in [2.75, 3.05) is 6.61 Å². The van der Waals surface area contributed by atoms with Gasteiger partial charge in [0, 0.05) is 6.42 Å². The van der Waals surface area contributed by atoms with Crippen LogP contribution in [0.1, 0.15) is 290 Å². The Morgan fingerprint density at radius 1 is 0.377 bits per heavy atom. The number of rotatable bonds is 50. The summed E-state index contributed by atoms with van der Waals surface area (Å²) in [5.41, 5.74) is 0. The largest absolute Gasteiger partial charge is 0.394 e. The first kappa shape index (κ1) is 59.4. The number of nitrogens with one attached hydrogen (secondary N) is 1. The quantitative estimate of drug-likeness (QED) is 0.0422. The number of carbonyl (C=O) groups excluding carboxylic acids is 1. The third kappa shape index (κ3) is 49.2. The molecule has 358 valence electrons. The highest BCUT2D eigenvalue weighted by molar-refractivity contribution is 5.76. The van der Waals surface area contributed by atoms with Gasteiger partial charge in [0.1, 0.15) is 0 Å². The SMILES string of the molecule is CCCCCCCCCCCCCC/C=C\CCCCCCCCCCC(=O)NC(CO)C(O)/C=C/CC/C=C/CC/C=C/CCCCCCCCCCCCCCCCC. The predicted molar refractivity (Wildman–Crippen MR) is 271 cm³/mol. The van der Waals surface area contributed by atoms with Crippen LogP contribution in [-0.2, 0) is 4.79 Å². The molecule has 0 aromatic heterocycles. The number of hydrogen-bond acceptors (Lipinski definition) is 3. The minimum absolute atomic E-state index is 0.0786. The lowest BCUT2D eigenvalue weighted by Crippen LogP contribution is -2.45. The predicted octanol–water partition coefficient (Wildman–Crippen LogP) is 17.9. The van der Waals surface area contributed by atoms with Gasteiger partial charge in [0.15, 0.2) is 0 Å². The standard InChI is InChI=1S/C57H107NO3/c1-3-5-7-9-11-13-15-17-19-21-23-25-27-29-30-32-34-36-38-40-42-44-46-48-50-52-56(60)55(54-59)58-57(61)53-51-49-47-45-43-41-39-37-35-33-31-28-26-24-22-20-18-16-14-12-10-8-6-4-2/h31,33-34,36,42,44,50,52,55-56,59-60H,3-30,32,35,37-41,43,45-49,51,53-54H2,1-2H3,(H,58,61)/b33-31-,36-34+,44-42+,52-50+. The minimum atomic E-state index is -0.873. The van der Waals surface area contributed by atoms with E-state index in [4.69, 9.17) is 0 Å². The number of amides is 1. The molecular formula is C57H107NO3. The van der Waals surface area contributed by atoms with Crippen molar-refractivity contribution in [3.8, 4) is 0 Å². The number of aliphatic hydroxyl groups is 2. The molecule has 0 heterocycles. The Balaban J connectivity index is 3.57. The van der Waals surface area contributed by atoms with E-state index >= 15 is 0 Å². The Hall–Kier alpha value is -1.65. The van der Waals surface area contributed by atoms with E-state index in [0.29, 0.717) is 6.42 Å². The molecular weight excluding hydrogens is 747 g/mol. The molecule has 0 spiro atoms. The molecule has 0 aliphatic heterocycles. The molecule has 0 rings (SSSR count). The fourth-order valence-electron chi connectivity index (χ4n) is 8.32. The maximum atomic E-state index is 12.5. The van der Waals surface area contributed by atoms with E-state index in [0.717, 1.165) is 38.5 Å². The summed E-state index contributed by atoms with van der Waals surface area (Å²) in [5, 5.41) is 23.1. The molecule has 0 saturated heterocycles. The average molecular weight is 854 g/mol. The summed E-state index contributed by atoms with van der Waals surface area (Å²) in [6.07, 6.45) is 72.7. The zero-order valence-electron chi connectivity index (χ0n) is 41.2. The van der Waals surface area contributed by atoms with Crippen LogP contribution in [0, 0.1) is 0 Å². The highest BCUT2D eigenvalue weighted by Crippen LogP contribution is 2.16. The third-order valence-corrected chi connectivity index (χ3v) is 12.5. The van der Waals surface area contributed by atoms with Gasteiger partial charge in [-0.25, -0.2) is 0 Å². The van der Waals surface area contributed by atoms with Crippen LogP contribution in [0.3, 0.4) is 0 Å². The van der Waals surface area contributed by atoms with Gasteiger partial charge in [-0.15, -0.1) is 0 Å². The Labute approximate surface area is 382 Å². The zero-order valence-corrected chi connectivity index (χ0v) is 41.2. The van der Waals surface area contributed by atoms with Crippen molar-refractivity contribution < 1.29 is 15.0 Å². The van der Waals surface area contributed by atoms with Crippen molar-refractivity contribution in [2.45, 2.75) is 302 Å². The molecule has 0 aromatic rings. The molecule has 4 heteroatoms. The molecule has 4 nitrogen and oxygen atoms in total. The van der Waals surface area contributed by atoms with Crippen molar-refractivity contribution in [3.05, 3.63) is 48.6 Å². The van der Waals surface area contributed by atoms with Crippen molar-refractivity contribution >= 4 is 5.91 Å². The first-order chi connectivity index (χ1) is 30.2. The van der Waals surface area contributed by atoms with Crippen LogP contribution in [-0.4, -0.2) is 34.9 Å². The van der Waals surface area contributed by atoms with Crippen molar-refractivity contribution in [2.24, 2.45) is 0 Å². The van der Waals surface area contributed by atoms with Crippen LogP contribution >= 0.6 is 0 Å². The molecule has 0 fully saturated rings. The minimum Gasteiger partial charge on any atom is -0.394 e. The van der Waals surface area contributed by atoms with E-state index in [1.54, 1.807) is 6.08 Å². The van der Waals surface area contributed by atoms with Gasteiger partial charge in [-0.05, 0) is 70.6 Å². The second-order valence-electron chi connectivity index (χ2n) is 18.6. The normalized spacial score (nSPS) is 13.2. The van der Waals surface area contributed by atoms with E-state index in [1.807, 2.05) is 6.08 Å². The first-order valence-electron chi connectivity index (χ1n) is 27.4. The summed E-state index contributed by atoms with van der Waals surface area (Å²) in [6, 6.07) is -0.648. The lowest BCUT2D eigenvalue weighted by atomic mass is 10.0. The molecule has 0 aliphatic carbocycles. The lowest BCUT2D eigenvalue weighted by Gasteiger charge is -2.19. The second-order valence-corrected chi connectivity index (χ2v) is 18.6. The van der Waals surface area contributed by atoms with Crippen LogP contribution in [0.25, 0.3) is 0 Å². The summed E-state index contributed by atoms with van der Waals surface area (Å²) in [6.45, 7) is 4.32. The maximum Gasteiger partial charge on any atom is 0.220 e. The highest BCUT2D eigenvalue weighted by Gasteiger charge is 2.17.